The van der Waals surface area contributed by atoms with Crippen molar-refractivity contribution < 1.29 is 14.9 Å². The summed E-state index contributed by atoms with van der Waals surface area (Å²) in [4.78, 5) is 23.2. The number of nitrogens with two attached hydrogens (primary N) is 1. The predicted octanol–water partition coefficient (Wildman–Crippen LogP) is 1.59. The van der Waals surface area contributed by atoms with Gasteiger partial charge in [-0.05, 0) is 32.4 Å². The monoisotopic (exact) mass is 312 g/mol. The van der Waals surface area contributed by atoms with E-state index in [9.17, 15) is 9.59 Å². The maximum absolute atomic E-state index is 11.7. The first-order valence-electron chi connectivity index (χ1n) is 7.11. The van der Waals surface area contributed by atoms with Crippen LogP contribution in [0.5, 0.6) is 0 Å². The molecule has 0 unspecified atom stereocenters. The number of rotatable bonds is 6. The summed E-state index contributed by atoms with van der Waals surface area (Å²) in [5.74, 6) is -0.309. The summed E-state index contributed by atoms with van der Waals surface area (Å²) >= 11 is 5.84. The lowest BCUT2D eigenvalue weighted by Crippen LogP contribution is -2.87. The van der Waals surface area contributed by atoms with Crippen molar-refractivity contribution in [1.29, 1.82) is 0 Å². The molecule has 0 saturated carbocycles. The van der Waals surface area contributed by atoms with Crippen LogP contribution in [0.2, 0.25) is 5.02 Å². The van der Waals surface area contributed by atoms with Crippen molar-refractivity contribution in [3.05, 3.63) is 34.9 Å². The molecule has 1 rings (SSSR count). The van der Waals surface area contributed by atoms with Crippen molar-refractivity contribution in [3.8, 4) is 0 Å². The van der Waals surface area contributed by atoms with Gasteiger partial charge in [0.1, 0.15) is 6.04 Å². The van der Waals surface area contributed by atoms with Gasteiger partial charge >= 0.3 is 6.03 Å². The van der Waals surface area contributed by atoms with Gasteiger partial charge in [0, 0.05) is 16.6 Å². The van der Waals surface area contributed by atoms with Crippen LogP contribution in [-0.4, -0.2) is 24.5 Å². The second-order valence-corrected chi connectivity index (χ2v) is 5.55. The summed E-state index contributed by atoms with van der Waals surface area (Å²) in [5, 5.41) is 7.56. The Hall–Kier alpha value is -1.59. The molecule has 0 fully saturated rings. The Morgan fingerprint density at radius 1 is 1.24 bits per heavy atom. The van der Waals surface area contributed by atoms with Crippen LogP contribution in [0.4, 0.5) is 4.79 Å². The number of hydrogen-bond donors (Lipinski definition) is 3. The van der Waals surface area contributed by atoms with Crippen LogP contribution in [-0.2, 0) is 4.79 Å². The van der Waals surface area contributed by atoms with E-state index in [4.69, 9.17) is 11.6 Å². The van der Waals surface area contributed by atoms with Gasteiger partial charge in [-0.15, -0.1) is 0 Å². The normalized spacial score (nSPS) is 13.3. The lowest BCUT2D eigenvalue weighted by Gasteiger charge is -2.13. The van der Waals surface area contributed by atoms with E-state index < -0.39 is 6.03 Å². The number of imide groups is 1. The summed E-state index contributed by atoms with van der Waals surface area (Å²) < 4.78 is 0. The third-order valence-electron chi connectivity index (χ3n) is 3.30. The number of halogens is 1. The molecule has 0 heterocycles. The highest BCUT2D eigenvalue weighted by atomic mass is 35.5. The molecule has 4 N–H and O–H groups in total. The molecule has 0 aliphatic heterocycles. The predicted molar refractivity (Wildman–Crippen MR) is 83.1 cm³/mol. The number of urea groups is 1. The highest BCUT2D eigenvalue weighted by Crippen LogP contribution is 2.13. The maximum Gasteiger partial charge on any atom is 0.321 e. The van der Waals surface area contributed by atoms with E-state index in [1.165, 1.54) is 0 Å². The van der Waals surface area contributed by atoms with E-state index in [0.717, 1.165) is 12.0 Å². The summed E-state index contributed by atoms with van der Waals surface area (Å²) in [7, 11) is 0. The molecular formula is C15H23ClN3O2+. The summed E-state index contributed by atoms with van der Waals surface area (Å²) in [6.07, 6.45) is 0.821. The van der Waals surface area contributed by atoms with Crippen LogP contribution in [0.1, 0.15) is 38.8 Å². The van der Waals surface area contributed by atoms with Crippen LogP contribution in [0.25, 0.3) is 0 Å². The van der Waals surface area contributed by atoms with Crippen LogP contribution < -0.4 is 16.0 Å². The van der Waals surface area contributed by atoms with Crippen LogP contribution in [0.3, 0.4) is 0 Å². The van der Waals surface area contributed by atoms with Gasteiger partial charge in [0.25, 0.3) is 5.91 Å². The Bertz CT molecular complexity index is 476. The number of carbonyl (C=O) groups is 2. The van der Waals surface area contributed by atoms with Gasteiger partial charge in [-0.2, -0.15) is 0 Å². The zero-order valence-electron chi connectivity index (χ0n) is 12.7. The molecule has 0 saturated heterocycles. The van der Waals surface area contributed by atoms with E-state index >= 15 is 0 Å². The minimum atomic E-state index is -0.443. The molecule has 0 aliphatic carbocycles. The zero-order chi connectivity index (χ0) is 15.8. The standard InChI is InChI=1S/C15H22ClN3O2/c1-4-10(2)18-15(21)19-14(20)9-17-11(3)12-5-7-13(16)8-6-12/h5-8,10-11,17H,4,9H2,1-3H3,(H2,18,19,20,21)/p+1/t10-,11+/m0/s1. The summed E-state index contributed by atoms with van der Waals surface area (Å²) in [6, 6.07) is 7.22. The van der Waals surface area contributed by atoms with Crippen molar-refractivity contribution in [2.75, 3.05) is 6.54 Å². The van der Waals surface area contributed by atoms with E-state index in [1.807, 2.05) is 50.4 Å². The molecule has 0 aliphatic rings. The molecule has 6 heteroatoms. The Kier molecular flexibility index (Phi) is 7.19. The number of benzene rings is 1. The van der Waals surface area contributed by atoms with Crippen molar-refractivity contribution in [1.82, 2.24) is 10.6 Å². The average Bonchev–Trinajstić information content (AvgIpc) is 2.45. The fourth-order valence-corrected chi connectivity index (χ4v) is 1.85. The van der Waals surface area contributed by atoms with Gasteiger partial charge in [-0.1, -0.05) is 30.7 Å². The van der Waals surface area contributed by atoms with Gasteiger partial charge in [-0.25, -0.2) is 4.79 Å². The van der Waals surface area contributed by atoms with Crippen molar-refractivity contribution in [2.24, 2.45) is 0 Å². The Morgan fingerprint density at radius 2 is 1.86 bits per heavy atom. The lowest BCUT2D eigenvalue weighted by atomic mass is 10.1. The van der Waals surface area contributed by atoms with Gasteiger partial charge in [-0.3, -0.25) is 10.1 Å². The average molecular weight is 313 g/mol. The smallest absolute Gasteiger partial charge is 0.321 e. The third kappa shape index (κ3) is 6.60. The topological polar surface area (TPSA) is 74.8 Å². The highest BCUT2D eigenvalue weighted by Gasteiger charge is 2.14. The first kappa shape index (κ1) is 17.5. The molecule has 5 nitrogen and oxygen atoms in total. The second-order valence-electron chi connectivity index (χ2n) is 5.11. The van der Waals surface area contributed by atoms with Crippen LogP contribution in [0.15, 0.2) is 24.3 Å². The number of hydrogen-bond acceptors (Lipinski definition) is 2. The van der Waals surface area contributed by atoms with Crippen molar-refractivity contribution in [3.63, 3.8) is 0 Å². The van der Waals surface area contributed by atoms with E-state index in [0.29, 0.717) is 5.02 Å². The fraction of sp³-hybridized carbons (Fsp3) is 0.467. The second kappa shape index (κ2) is 8.64. The number of amides is 3. The molecule has 2 atom stereocenters. The van der Waals surface area contributed by atoms with Gasteiger partial charge < -0.3 is 10.6 Å². The molecular weight excluding hydrogens is 290 g/mol. The van der Waals surface area contributed by atoms with E-state index in [-0.39, 0.29) is 24.5 Å². The lowest BCUT2D eigenvalue weighted by molar-refractivity contribution is -0.682. The van der Waals surface area contributed by atoms with Crippen LogP contribution >= 0.6 is 11.6 Å². The summed E-state index contributed by atoms with van der Waals surface area (Å²) in [5.41, 5.74) is 1.08. The highest BCUT2D eigenvalue weighted by molar-refractivity contribution is 6.30. The van der Waals surface area contributed by atoms with E-state index in [2.05, 4.69) is 10.6 Å². The molecule has 0 aromatic heterocycles. The quantitative estimate of drug-likeness (QED) is 0.746. The molecule has 0 spiro atoms. The molecule has 1 aromatic rings. The molecule has 0 radical (unpaired) electrons. The fourth-order valence-electron chi connectivity index (χ4n) is 1.73. The molecule has 116 valence electrons. The van der Waals surface area contributed by atoms with E-state index in [1.54, 1.807) is 0 Å². The number of nitrogens with one attached hydrogen (secondary N) is 2. The molecule has 21 heavy (non-hydrogen) atoms. The molecule has 1 aromatic carbocycles. The Labute approximate surface area is 130 Å². The minimum Gasteiger partial charge on any atom is -0.335 e. The van der Waals surface area contributed by atoms with Gasteiger partial charge in [0.15, 0.2) is 6.54 Å². The van der Waals surface area contributed by atoms with Gasteiger partial charge in [0.2, 0.25) is 0 Å². The Morgan fingerprint density at radius 3 is 2.43 bits per heavy atom. The summed E-state index contributed by atoms with van der Waals surface area (Å²) in [6.45, 7) is 6.04. The SMILES string of the molecule is CC[C@H](C)NC(=O)NC(=O)C[NH2+][C@H](C)c1ccc(Cl)cc1. The molecule has 0 bridgehead atoms. The van der Waals surface area contributed by atoms with Crippen molar-refractivity contribution >= 4 is 23.5 Å². The first-order valence-corrected chi connectivity index (χ1v) is 7.49. The van der Waals surface area contributed by atoms with Crippen LogP contribution in [0, 0.1) is 0 Å². The van der Waals surface area contributed by atoms with Crippen molar-refractivity contribution in [2.45, 2.75) is 39.3 Å². The zero-order valence-corrected chi connectivity index (χ0v) is 13.4. The third-order valence-corrected chi connectivity index (χ3v) is 3.55. The number of carbonyl (C=O) groups excluding carboxylic acids is 2. The Balaban J connectivity index is 2.35. The minimum absolute atomic E-state index is 0.0507. The number of quaternary nitrogens is 1. The first-order chi connectivity index (χ1) is 9.92. The van der Waals surface area contributed by atoms with Gasteiger partial charge in [0.05, 0.1) is 0 Å². The largest absolute Gasteiger partial charge is 0.335 e. The molecule has 3 amide bonds. The maximum atomic E-state index is 11.7.